The van der Waals surface area contributed by atoms with Gasteiger partial charge in [0, 0.05) is 44.1 Å². The molecule has 0 bridgehead atoms. The molecule has 0 saturated carbocycles. The first-order valence-electron chi connectivity index (χ1n) is 5.06. The summed E-state index contributed by atoms with van der Waals surface area (Å²) in [6, 6.07) is 0. The molecule has 3 atom stereocenters. The number of hydrogen-bond donors (Lipinski definition) is 0. The first-order chi connectivity index (χ1) is 7.09. The zero-order valence-corrected chi connectivity index (χ0v) is 10.9. The molecular formula is C10H18O3S2. The Morgan fingerprint density at radius 3 is 2.80 bits per heavy atom. The van der Waals surface area contributed by atoms with E-state index >= 15 is 0 Å². The monoisotopic (exact) mass is 250 g/mol. The van der Waals surface area contributed by atoms with Crippen LogP contribution < -0.4 is 0 Å². The van der Waals surface area contributed by atoms with Gasteiger partial charge in [-0.3, -0.25) is 8.42 Å². The molecule has 1 rings (SSSR count). The minimum Gasteiger partial charge on any atom is -0.501 e. The van der Waals surface area contributed by atoms with Gasteiger partial charge in [0.2, 0.25) is 0 Å². The van der Waals surface area contributed by atoms with Crippen LogP contribution in [0.3, 0.4) is 0 Å². The van der Waals surface area contributed by atoms with Gasteiger partial charge in [0.05, 0.1) is 12.9 Å². The summed E-state index contributed by atoms with van der Waals surface area (Å²) in [6.45, 7) is 4.50. The number of rotatable bonds is 4. The van der Waals surface area contributed by atoms with Crippen LogP contribution in [-0.2, 0) is 26.3 Å². The zero-order valence-electron chi connectivity index (χ0n) is 9.23. The Kier molecular flexibility index (Phi) is 5.53. The predicted molar refractivity (Wildman–Crippen MR) is 64.7 cm³/mol. The van der Waals surface area contributed by atoms with Gasteiger partial charge in [-0.05, 0) is 25.8 Å². The SMILES string of the molecule is CC(C)=COCCC1CS(=O)CCS1=O. The van der Waals surface area contributed by atoms with Gasteiger partial charge >= 0.3 is 0 Å². The molecule has 1 saturated heterocycles. The third-order valence-electron chi connectivity index (χ3n) is 2.13. The summed E-state index contributed by atoms with van der Waals surface area (Å²) in [5.74, 6) is 1.75. The van der Waals surface area contributed by atoms with Crippen molar-refractivity contribution in [1.82, 2.24) is 0 Å². The molecule has 1 fully saturated rings. The van der Waals surface area contributed by atoms with Crippen molar-refractivity contribution in [2.45, 2.75) is 25.5 Å². The molecule has 5 heteroatoms. The first kappa shape index (κ1) is 12.9. The molecule has 0 aliphatic carbocycles. The van der Waals surface area contributed by atoms with Gasteiger partial charge in [-0.15, -0.1) is 0 Å². The molecular weight excluding hydrogens is 232 g/mol. The van der Waals surface area contributed by atoms with Gasteiger partial charge in [0.15, 0.2) is 0 Å². The third-order valence-corrected chi connectivity index (χ3v) is 5.79. The average molecular weight is 250 g/mol. The molecule has 1 aliphatic heterocycles. The lowest BCUT2D eigenvalue weighted by molar-refractivity contribution is 0.242. The molecule has 0 aromatic heterocycles. The summed E-state index contributed by atoms with van der Waals surface area (Å²) < 4.78 is 28.1. The van der Waals surface area contributed by atoms with Gasteiger partial charge in [-0.25, -0.2) is 0 Å². The number of ether oxygens (including phenoxy) is 1. The molecule has 0 N–H and O–H groups in total. The Morgan fingerprint density at radius 1 is 1.40 bits per heavy atom. The topological polar surface area (TPSA) is 43.4 Å². The van der Waals surface area contributed by atoms with E-state index in [2.05, 4.69) is 0 Å². The molecule has 0 radical (unpaired) electrons. The Hall–Kier alpha value is -0.160. The lowest BCUT2D eigenvalue weighted by Gasteiger charge is -2.20. The molecule has 0 spiro atoms. The van der Waals surface area contributed by atoms with Crippen molar-refractivity contribution < 1.29 is 13.2 Å². The normalized spacial score (nSPS) is 30.9. The molecule has 0 amide bonds. The second-order valence-corrected chi connectivity index (χ2v) is 7.33. The summed E-state index contributed by atoms with van der Waals surface area (Å²) in [5.41, 5.74) is 1.11. The fourth-order valence-electron chi connectivity index (χ4n) is 1.35. The summed E-state index contributed by atoms with van der Waals surface area (Å²) in [7, 11) is -1.58. The quantitative estimate of drug-likeness (QED) is 0.556. The van der Waals surface area contributed by atoms with E-state index in [9.17, 15) is 8.42 Å². The van der Waals surface area contributed by atoms with Crippen LogP contribution in [0.2, 0.25) is 0 Å². The highest BCUT2D eigenvalue weighted by atomic mass is 32.2. The van der Waals surface area contributed by atoms with Gasteiger partial charge in [-0.2, -0.15) is 0 Å². The van der Waals surface area contributed by atoms with Crippen LogP contribution in [-0.4, -0.2) is 37.5 Å². The Balaban J connectivity index is 2.27. The Labute approximate surface area is 96.2 Å². The van der Waals surface area contributed by atoms with E-state index in [-0.39, 0.29) is 5.25 Å². The highest BCUT2D eigenvalue weighted by molar-refractivity contribution is 7.92. The zero-order chi connectivity index (χ0) is 11.3. The van der Waals surface area contributed by atoms with Crippen molar-refractivity contribution in [3.8, 4) is 0 Å². The minimum atomic E-state index is -0.807. The van der Waals surface area contributed by atoms with E-state index in [1.165, 1.54) is 0 Å². The lowest BCUT2D eigenvalue weighted by Crippen LogP contribution is -2.34. The average Bonchev–Trinajstić information content (AvgIpc) is 2.17. The van der Waals surface area contributed by atoms with E-state index in [1.807, 2.05) is 13.8 Å². The maximum atomic E-state index is 11.6. The van der Waals surface area contributed by atoms with Crippen LogP contribution in [0.1, 0.15) is 20.3 Å². The molecule has 3 unspecified atom stereocenters. The van der Waals surface area contributed by atoms with Crippen LogP contribution in [0, 0.1) is 0 Å². The van der Waals surface area contributed by atoms with Gasteiger partial charge in [0.25, 0.3) is 0 Å². The van der Waals surface area contributed by atoms with E-state index in [0.717, 1.165) is 12.0 Å². The second kappa shape index (κ2) is 6.43. The summed E-state index contributed by atoms with van der Waals surface area (Å²) >= 11 is 0. The van der Waals surface area contributed by atoms with Gasteiger partial charge < -0.3 is 4.74 Å². The number of allylic oxidation sites excluding steroid dienone is 1. The van der Waals surface area contributed by atoms with Crippen LogP contribution in [0.5, 0.6) is 0 Å². The van der Waals surface area contributed by atoms with Crippen LogP contribution in [0.15, 0.2) is 11.8 Å². The van der Waals surface area contributed by atoms with Crippen LogP contribution in [0.25, 0.3) is 0 Å². The predicted octanol–water partition coefficient (Wildman–Crippen LogP) is 1.20. The van der Waals surface area contributed by atoms with Crippen LogP contribution >= 0.6 is 0 Å². The fraction of sp³-hybridized carbons (Fsp3) is 0.800. The molecule has 3 nitrogen and oxygen atoms in total. The van der Waals surface area contributed by atoms with Gasteiger partial charge in [0.1, 0.15) is 0 Å². The maximum absolute atomic E-state index is 11.6. The highest BCUT2D eigenvalue weighted by Gasteiger charge is 2.24. The van der Waals surface area contributed by atoms with Crippen LogP contribution in [0.4, 0.5) is 0 Å². The van der Waals surface area contributed by atoms with Crippen molar-refractivity contribution in [2.75, 3.05) is 23.9 Å². The first-order valence-corrected chi connectivity index (χ1v) is 7.93. The van der Waals surface area contributed by atoms with E-state index < -0.39 is 21.6 Å². The molecule has 0 aromatic carbocycles. The fourth-order valence-corrected chi connectivity index (χ4v) is 5.25. The molecule has 1 heterocycles. The Morgan fingerprint density at radius 2 is 2.13 bits per heavy atom. The third kappa shape index (κ3) is 4.93. The largest absolute Gasteiger partial charge is 0.501 e. The van der Waals surface area contributed by atoms with E-state index in [4.69, 9.17) is 4.74 Å². The van der Waals surface area contributed by atoms with Crippen molar-refractivity contribution in [2.24, 2.45) is 0 Å². The van der Waals surface area contributed by atoms with E-state index in [0.29, 0.717) is 23.9 Å². The molecule has 1 aliphatic rings. The number of hydrogen-bond acceptors (Lipinski definition) is 3. The van der Waals surface area contributed by atoms with Crippen molar-refractivity contribution in [3.63, 3.8) is 0 Å². The van der Waals surface area contributed by atoms with Crippen molar-refractivity contribution >= 4 is 21.6 Å². The summed E-state index contributed by atoms with van der Waals surface area (Å²) in [4.78, 5) is 0. The molecule has 0 aromatic rings. The van der Waals surface area contributed by atoms with E-state index in [1.54, 1.807) is 6.26 Å². The van der Waals surface area contributed by atoms with Crippen molar-refractivity contribution in [3.05, 3.63) is 11.8 Å². The van der Waals surface area contributed by atoms with Crippen molar-refractivity contribution in [1.29, 1.82) is 0 Å². The smallest absolute Gasteiger partial charge is 0.0885 e. The second-order valence-electron chi connectivity index (χ2n) is 3.87. The molecule has 15 heavy (non-hydrogen) atoms. The lowest BCUT2D eigenvalue weighted by atomic mass is 10.3. The minimum absolute atomic E-state index is 0.0603. The Bertz CT molecular complexity index is 282. The summed E-state index contributed by atoms with van der Waals surface area (Å²) in [5, 5.41) is 0.0603. The maximum Gasteiger partial charge on any atom is 0.0885 e. The van der Waals surface area contributed by atoms with Gasteiger partial charge in [-0.1, -0.05) is 0 Å². The summed E-state index contributed by atoms with van der Waals surface area (Å²) in [6.07, 6.45) is 2.45. The molecule has 88 valence electrons. The standard InChI is InChI=1S/C10H18O3S2/c1-9(2)7-13-4-3-10-8-14(11)5-6-15(10)12/h7,10H,3-6,8H2,1-2H3. The highest BCUT2D eigenvalue weighted by Crippen LogP contribution is 2.11.